The maximum absolute atomic E-state index is 13.5. The lowest BCUT2D eigenvalue weighted by atomic mass is 10.3. The molecular formula is C10H8F2N4O2S2. The van der Waals surface area contributed by atoms with Crippen molar-refractivity contribution in [3.8, 4) is 0 Å². The van der Waals surface area contributed by atoms with E-state index in [0.717, 1.165) is 12.1 Å². The molecule has 0 aliphatic heterocycles. The maximum atomic E-state index is 13.5. The molecule has 2 aromatic rings. The lowest BCUT2D eigenvalue weighted by Crippen LogP contribution is -2.18. The van der Waals surface area contributed by atoms with Gasteiger partial charge in [0, 0.05) is 6.07 Å². The van der Waals surface area contributed by atoms with E-state index in [0.29, 0.717) is 6.07 Å². The highest BCUT2D eigenvalue weighted by Gasteiger charge is 2.22. The topological polar surface area (TPSA) is 101 Å². The summed E-state index contributed by atoms with van der Waals surface area (Å²) in [5, 5.41) is 5.92. The van der Waals surface area contributed by atoms with Gasteiger partial charge in [0.25, 0.3) is 10.0 Å². The van der Waals surface area contributed by atoms with Crippen LogP contribution in [0.5, 0.6) is 0 Å². The molecule has 0 bridgehead atoms. The van der Waals surface area contributed by atoms with Gasteiger partial charge in [-0.25, -0.2) is 17.2 Å². The zero-order chi connectivity index (χ0) is 14.9. The second-order valence-corrected chi connectivity index (χ2v) is 5.79. The summed E-state index contributed by atoms with van der Waals surface area (Å²) in [5.41, 5.74) is 5.54. The zero-order valence-electron chi connectivity index (χ0n) is 9.72. The standard InChI is InChI=1S/C10H8F2N4O2S2/c11-5-1-2-8(7(12)3-5)20(17,18)16-10-6(9(13)19)4-14-15-10/h1-4H,(H2,13,19)(H2,14,15,16). The van der Waals surface area contributed by atoms with Crippen molar-refractivity contribution in [3.05, 3.63) is 41.6 Å². The minimum atomic E-state index is -4.26. The summed E-state index contributed by atoms with van der Waals surface area (Å²) in [6, 6.07) is 2.11. The first-order valence-corrected chi connectivity index (χ1v) is 7.01. The van der Waals surface area contributed by atoms with Crippen molar-refractivity contribution in [2.75, 3.05) is 4.72 Å². The van der Waals surface area contributed by atoms with Crippen molar-refractivity contribution < 1.29 is 17.2 Å². The number of rotatable bonds is 4. The van der Waals surface area contributed by atoms with E-state index in [1.807, 2.05) is 4.72 Å². The molecule has 10 heteroatoms. The van der Waals surface area contributed by atoms with Crippen LogP contribution >= 0.6 is 12.2 Å². The Labute approximate surface area is 118 Å². The number of halogens is 2. The summed E-state index contributed by atoms with van der Waals surface area (Å²) < 4.78 is 52.3. The Kier molecular flexibility index (Phi) is 3.68. The minimum absolute atomic E-state index is 0.0870. The summed E-state index contributed by atoms with van der Waals surface area (Å²) >= 11 is 4.71. The van der Waals surface area contributed by atoms with E-state index in [1.165, 1.54) is 6.20 Å². The first-order chi connectivity index (χ1) is 9.31. The van der Waals surface area contributed by atoms with Gasteiger partial charge in [-0.05, 0) is 12.1 Å². The molecule has 106 valence electrons. The van der Waals surface area contributed by atoms with E-state index in [1.54, 1.807) is 0 Å². The van der Waals surface area contributed by atoms with E-state index in [4.69, 9.17) is 18.0 Å². The van der Waals surface area contributed by atoms with Crippen LogP contribution in [0.4, 0.5) is 14.6 Å². The Morgan fingerprint density at radius 2 is 2.10 bits per heavy atom. The molecular weight excluding hydrogens is 310 g/mol. The number of hydrogen-bond acceptors (Lipinski definition) is 4. The predicted octanol–water partition coefficient (Wildman–Crippen LogP) is 1.12. The molecule has 1 aromatic heterocycles. The molecule has 0 spiro atoms. The van der Waals surface area contributed by atoms with Gasteiger partial charge in [0.2, 0.25) is 0 Å². The van der Waals surface area contributed by atoms with Crippen molar-refractivity contribution in [3.63, 3.8) is 0 Å². The molecule has 0 aliphatic rings. The third kappa shape index (κ3) is 2.75. The molecule has 0 aliphatic carbocycles. The van der Waals surface area contributed by atoms with Crippen LogP contribution in [0.2, 0.25) is 0 Å². The third-order valence-electron chi connectivity index (χ3n) is 2.32. The second kappa shape index (κ2) is 5.13. The van der Waals surface area contributed by atoms with Gasteiger partial charge in [-0.3, -0.25) is 9.82 Å². The van der Waals surface area contributed by atoms with E-state index >= 15 is 0 Å². The van der Waals surface area contributed by atoms with Crippen molar-refractivity contribution in [1.29, 1.82) is 0 Å². The van der Waals surface area contributed by atoms with Gasteiger partial charge >= 0.3 is 0 Å². The highest BCUT2D eigenvalue weighted by atomic mass is 32.2. The number of hydrogen-bond donors (Lipinski definition) is 3. The molecule has 0 unspecified atom stereocenters. The number of sulfonamides is 1. The summed E-state index contributed by atoms with van der Waals surface area (Å²) in [4.78, 5) is -0.793. The van der Waals surface area contributed by atoms with Gasteiger partial charge in [-0.15, -0.1) is 0 Å². The van der Waals surface area contributed by atoms with Crippen LogP contribution in [0.15, 0.2) is 29.3 Å². The molecule has 0 fully saturated rings. The Morgan fingerprint density at radius 3 is 2.70 bits per heavy atom. The lowest BCUT2D eigenvalue weighted by Gasteiger charge is -2.08. The zero-order valence-corrected chi connectivity index (χ0v) is 11.4. The van der Waals surface area contributed by atoms with Gasteiger partial charge in [0.05, 0.1) is 11.8 Å². The van der Waals surface area contributed by atoms with Crippen LogP contribution in [0.25, 0.3) is 0 Å². The minimum Gasteiger partial charge on any atom is -0.389 e. The smallest absolute Gasteiger partial charge is 0.265 e. The van der Waals surface area contributed by atoms with Crippen LogP contribution < -0.4 is 10.5 Å². The van der Waals surface area contributed by atoms with Crippen molar-refractivity contribution >= 4 is 33.0 Å². The molecule has 2 rings (SSSR count). The molecule has 4 N–H and O–H groups in total. The summed E-state index contributed by atoms with van der Waals surface area (Å²) in [6.07, 6.45) is 1.22. The summed E-state index contributed by atoms with van der Waals surface area (Å²) in [7, 11) is -4.26. The predicted molar refractivity (Wildman–Crippen MR) is 71.6 cm³/mol. The molecule has 20 heavy (non-hydrogen) atoms. The molecule has 1 heterocycles. The van der Waals surface area contributed by atoms with Crippen molar-refractivity contribution in [1.82, 2.24) is 10.2 Å². The molecule has 0 saturated carbocycles. The lowest BCUT2D eigenvalue weighted by molar-refractivity contribution is 0.551. The molecule has 0 saturated heterocycles. The molecule has 0 atom stereocenters. The van der Waals surface area contributed by atoms with Crippen LogP contribution in [0.1, 0.15) is 5.56 Å². The third-order valence-corrected chi connectivity index (χ3v) is 3.93. The SMILES string of the molecule is NC(=S)c1cn[nH]c1NS(=O)(=O)c1ccc(F)cc1F. The van der Waals surface area contributed by atoms with E-state index in [2.05, 4.69) is 10.2 Å². The Hall–Kier alpha value is -2.07. The number of aromatic amines is 1. The number of H-pyrrole nitrogens is 1. The van der Waals surface area contributed by atoms with Crippen LogP contribution in [0, 0.1) is 11.6 Å². The van der Waals surface area contributed by atoms with Crippen molar-refractivity contribution in [2.45, 2.75) is 4.90 Å². The van der Waals surface area contributed by atoms with Crippen LogP contribution in [-0.2, 0) is 10.0 Å². The fraction of sp³-hybridized carbons (Fsp3) is 0. The number of thiocarbonyl (C=S) groups is 1. The first kappa shape index (κ1) is 14.3. The van der Waals surface area contributed by atoms with Gasteiger partial charge in [0.1, 0.15) is 27.3 Å². The van der Waals surface area contributed by atoms with Crippen molar-refractivity contribution in [2.24, 2.45) is 5.73 Å². The van der Waals surface area contributed by atoms with E-state index < -0.39 is 26.6 Å². The quantitative estimate of drug-likeness (QED) is 0.734. The van der Waals surface area contributed by atoms with Gasteiger partial charge < -0.3 is 5.73 Å². The number of nitrogens with one attached hydrogen (secondary N) is 2. The number of aromatic nitrogens is 2. The average molecular weight is 318 g/mol. The fourth-order valence-electron chi connectivity index (χ4n) is 1.43. The second-order valence-electron chi connectivity index (χ2n) is 3.70. The highest BCUT2D eigenvalue weighted by Crippen LogP contribution is 2.20. The Balaban J connectivity index is 2.41. The Morgan fingerprint density at radius 1 is 1.40 bits per heavy atom. The number of nitrogens with two attached hydrogens (primary N) is 1. The van der Waals surface area contributed by atoms with E-state index in [9.17, 15) is 17.2 Å². The largest absolute Gasteiger partial charge is 0.389 e. The summed E-state index contributed by atoms with van der Waals surface area (Å²) in [5.74, 6) is -2.19. The first-order valence-electron chi connectivity index (χ1n) is 5.12. The molecule has 1 aromatic carbocycles. The maximum Gasteiger partial charge on any atom is 0.265 e. The van der Waals surface area contributed by atoms with Gasteiger partial charge in [0.15, 0.2) is 0 Å². The molecule has 0 radical (unpaired) electrons. The molecule has 6 nitrogen and oxygen atoms in total. The van der Waals surface area contributed by atoms with Crippen LogP contribution in [0.3, 0.4) is 0 Å². The summed E-state index contributed by atoms with van der Waals surface area (Å²) in [6.45, 7) is 0. The highest BCUT2D eigenvalue weighted by molar-refractivity contribution is 7.92. The number of benzene rings is 1. The Bertz CT molecular complexity index is 773. The molecule has 0 amide bonds. The average Bonchev–Trinajstić information content (AvgIpc) is 2.75. The monoisotopic (exact) mass is 318 g/mol. The van der Waals surface area contributed by atoms with Gasteiger partial charge in [-0.1, -0.05) is 12.2 Å². The normalized spacial score (nSPS) is 11.3. The number of anilines is 1. The fourth-order valence-corrected chi connectivity index (χ4v) is 2.69. The van der Waals surface area contributed by atoms with E-state index in [-0.39, 0.29) is 16.4 Å². The number of nitrogens with zero attached hydrogens (tertiary/aromatic N) is 1. The van der Waals surface area contributed by atoms with Crippen LogP contribution in [-0.4, -0.2) is 23.6 Å². The van der Waals surface area contributed by atoms with Gasteiger partial charge in [-0.2, -0.15) is 5.10 Å².